The average Bonchev–Trinajstić information content (AvgIpc) is 2.39. The van der Waals surface area contributed by atoms with Gasteiger partial charge < -0.3 is 10.1 Å². The summed E-state index contributed by atoms with van der Waals surface area (Å²) >= 11 is 5.73. The van der Waals surface area contributed by atoms with E-state index < -0.39 is 0 Å². The highest BCUT2D eigenvalue weighted by Gasteiger charge is 2.04. The van der Waals surface area contributed by atoms with Gasteiger partial charge in [0.05, 0.1) is 0 Å². The molecular formula is C12H10ClN3O2. The highest BCUT2D eigenvalue weighted by Crippen LogP contribution is 2.15. The molecule has 0 aliphatic rings. The Kier molecular flexibility index (Phi) is 4.09. The zero-order chi connectivity index (χ0) is 12.8. The first kappa shape index (κ1) is 12.3. The number of hydrogen-bond acceptors (Lipinski definition) is 4. The summed E-state index contributed by atoms with van der Waals surface area (Å²) in [6.07, 6.45) is 2.90. The van der Waals surface area contributed by atoms with Crippen LogP contribution in [-0.4, -0.2) is 22.5 Å². The molecule has 18 heavy (non-hydrogen) atoms. The van der Waals surface area contributed by atoms with Gasteiger partial charge in [0, 0.05) is 11.2 Å². The van der Waals surface area contributed by atoms with Crippen molar-refractivity contribution in [2.75, 3.05) is 11.9 Å². The Morgan fingerprint density at radius 3 is 2.72 bits per heavy atom. The Balaban J connectivity index is 1.83. The van der Waals surface area contributed by atoms with Crippen LogP contribution in [0.4, 0.5) is 5.82 Å². The topological polar surface area (TPSA) is 64.1 Å². The molecule has 1 N–H and O–H groups in total. The molecule has 0 atom stereocenters. The molecule has 0 aliphatic heterocycles. The van der Waals surface area contributed by atoms with E-state index in [0.717, 1.165) is 0 Å². The van der Waals surface area contributed by atoms with Crippen LogP contribution in [0.15, 0.2) is 42.9 Å². The van der Waals surface area contributed by atoms with Crippen molar-refractivity contribution in [3.63, 3.8) is 0 Å². The summed E-state index contributed by atoms with van der Waals surface area (Å²) < 4.78 is 5.28. The summed E-state index contributed by atoms with van der Waals surface area (Å²) in [6.45, 7) is -0.0916. The normalized spacial score (nSPS) is 9.83. The summed E-state index contributed by atoms with van der Waals surface area (Å²) in [5.41, 5.74) is 0. The summed E-state index contributed by atoms with van der Waals surface area (Å²) in [6, 6.07) is 8.37. The van der Waals surface area contributed by atoms with Crippen LogP contribution in [0.2, 0.25) is 5.02 Å². The lowest BCUT2D eigenvalue weighted by Crippen LogP contribution is -2.20. The number of nitrogens with one attached hydrogen (secondary N) is 1. The molecule has 2 aromatic rings. The number of anilines is 1. The first-order chi connectivity index (χ1) is 8.74. The van der Waals surface area contributed by atoms with Crippen LogP contribution >= 0.6 is 11.6 Å². The lowest BCUT2D eigenvalue weighted by molar-refractivity contribution is -0.118. The van der Waals surface area contributed by atoms with Gasteiger partial charge in [-0.15, -0.1) is 0 Å². The van der Waals surface area contributed by atoms with Gasteiger partial charge in [-0.2, -0.15) is 0 Å². The quantitative estimate of drug-likeness (QED) is 0.918. The Bertz CT molecular complexity index is 517. The molecule has 0 aliphatic carbocycles. The van der Waals surface area contributed by atoms with Gasteiger partial charge in [-0.25, -0.2) is 9.97 Å². The molecule has 0 spiro atoms. The standard InChI is InChI=1S/C12H10ClN3O2/c13-9-1-3-10(4-2-9)18-7-12(17)16-11-5-6-14-8-15-11/h1-6,8H,7H2,(H,14,15,16,17). The Labute approximate surface area is 109 Å². The Morgan fingerprint density at radius 1 is 1.28 bits per heavy atom. The zero-order valence-electron chi connectivity index (χ0n) is 9.34. The summed E-state index contributed by atoms with van der Waals surface area (Å²) in [4.78, 5) is 19.1. The van der Waals surface area contributed by atoms with Crippen LogP contribution in [0.1, 0.15) is 0 Å². The number of nitrogens with zero attached hydrogens (tertiary/aromatic N) is 2. The van der Waals surface area contributed by atoms with Crippen molar-refractivity contribution in [3.8, 4) is 5.75 Å². The second-order valence-electron chi connectivity index (χ2n) is 3.39. The van der Waals surface area contributed by atoms with Crippen LogP contribution in [-0.2, 0) is 4.79 Å². The molecule has 0 fully saturated rings. The number of rotatable bonds is 4. The van der Waals surface area contributed by atoms with E-state index in [1.165, 1.54) is 6.33 Å². The molecule has 0 saturated heterocycles. The van der Waals surface area contributed by atoms with E-state index in [-0.39, 0.29) is 12.5 Å². The van der Waals surface area contributed by atoms with Gasteiger partial charge in [-0.3, -0.25) is 4.79 Å². The maximum Gasteiger partial charge on any atom is 0.263 e. The lowest BCUT2D eigenvalue weighted by Gasteiger charge is -2.06. The van der Waals surface area contributed by atoms with Gasteiger partial charge in [0.1, 0.15) is 17.9 Å². The van der Waals surface area contributed by atoms with E-state index >= 15 is 0 Å². The van der Waals surface area contributed by atoms with Gasteiger partial charge in [0.2, 0.25) is 0 Å². The van der Waals surface area contributed by atoms with Crippen LogP contribution in [0.3, 0.4) is 0 Å². The smallest absolute Gasteiger partial charge is 0.263 e. The summed E-state index contributed by atoms with van der Waals surface area (Å²) in [5.74, 6) is 0.732. The molecule has 92 valence electrons. The predicted octanol–water partition coefficient (Wildman–Crippen LogP) is 2.15. The van der Waals surface area contributed by atoms with E-state index in [4.69, 9.17) is 16.3 Å². The highest BCUT2D eigenvalue weighted by molar-refractivity contribution is 6.30. The van der Waals surface area contributed by atoms with Gasteiger partial charge in [-0.05, 0) is 30.3 Å². The molecule has 6 heteroatoms. The van der Waals surface area contributed by atoms with Crippen molar-refractivity contribution in [1.82, 2.24) is 9.97 Å². The summed E-state index contributed by atoms with van der Waals surface area (Å²) in [5, 5.41) is 3.20. The highest BCUT2D eigenvalue weighted by atomic mass is 35.5. The van der Waals surface area contributed by atoms with Crippen LogP contribution in [0, 0.1) is 0 Å². The zero-order valence-corrected chi connectivity index (χ0v) is 10.1. The second-order valence-corrected chi connectivity index (χ2v) is 3.82. The molecular weight excluding hydrogens is 254 g/mol. The molecule has 1 heterocycles. The third-order valence-electron chi connectivity index (χ3n) is 2.03. The molecule has 0 saturated carbocycles. The van der Waals surface area contributed by atoms with E-state index in [2.05, 4.69) is 15.3 Å². The number of ether oxygens (including phenoxy) is 1. The Hall–Kier alpha value is -2.14. The van der Waals surface area contributed by atoms with E-state index in [1.807, 2.05) is 0 Å². The van der Waals surface area contributed by atoms with Crippen LogP contribution < -0.4 is 10.1 Å². The predicted molar refractivity (Wildman–Crippen MR) is 67.6 cm³/mol. The minimum atomic E-state index is -0.288. The van der Waals surface area contributed by atoms with Crippen molar-refractivity contribution >= 4 is 23.3 Å². The minimum absolute atomic E-state index is 0.0916. The first-order valence-electron chi connectivity index (χ1n) is 5.18. The molecule has 1 amide bonds. The maximum absolute atomic E-state index is 11.5. The fraction of sp³-hybridized carbons (Fsp3) is 0.0833. The van der Waals surface area contributed by atoms with Crippen LogP contribution in [0.5, 0.6) is 5.75 Å². The maximum atomic E-state index is 11.5. The fourth-order valence-electron chi connectivity index (χ4n) is 1.22. The Morgan fingerprint density at radius 2 is 2.06 bits per heavy atom. The number of aromatic nitrogens is 2. The second kappa shape index (κ2) is 5.97. The van der Waals surface area contributed by atoms with Crippen molar-refractivity contribution in [2.45, 2.75) is 0 Å². The van der Waals surface area contributed by atoms with E-state index in [0.29, 0.717) is 16.6 Å². The fourth-order valence-corrected chi connectivity index (χ4v) is 1.35. The molecule has 5 nitrogen and oxygen atoms in total. The largest absolute Gasteiger partial charge is 0.484 e. The average molecular weight is 264 g/mol. The molecule has 0 bridgehead atoms. The number of carbonyl (C=O) groups is 1. The number of halogens is 1. The van der Waals surface area contributed by atoms with Gasteiger partial charge in [-0.1, -0.05) is 11.6 Å². The number of amides is 1. The van der Waals surface area contributed by atoms with Crippen molar-refractivity contribution in [3.05, 3.63) is 47.9 Å². The number of carbonyl (C=O) groups excluding carboxylic acids is 1. The monoisotopic (exact) mass is 263 g/mol. The van der Waals surface area contributed by atoms with E-state index in [9.17, 15) is 4.79 Å². The van der Waals surface area contributed by atoms with Crippen molar-refractivity contribution in [2.24, 2.45) is 0 Å². The minimum Gasteiger partial charge on any atom is -0.484 e. The number of benzene rings is 1. The van der Waals surface area contributed by atoms with Gasteiger partial charge in [0.25, 0.3) is 5.91 Å². The van der Waals surface area contributed by atoms with Crippen molar-refractivity contribution < 1.29 is 9.53 Å². The van der Waals surface area contributed by atoms with Crippen LogP contribution in [0.25, 0.3) is 0 Å². The third kappa shape index (κ3) is 3.71. The molecule has 2 rings (SSSR count). The molecule has 1 aromatic heterocycles. The third-order valence-corrected chi connectivity index (χ3v) is 2.28. The number of hydrogen-bond donors (Lipinski definition) is 1. The molecule has 1 aromatic carbocycles. The lowest BCUT2D eigenvalue weighted by atomic mass is 10.3. The summed E-state index contributed by atoms with van der Waals surface area (Å²) in [7, 11) is 0. The molecule has 0 unspecified atom stereocenters. The van der Waals surface area contributed by atoms with Crippen molar-refractivity contribution in [1.29, 1.82) is 0 Å². The molecule has 0 radical (unpaired) electrons. The van der Waals surface area contributed by atoms with E-state index in [1.54, 1.807) is 36.5 Å². The van der Waals surface area contributed by atoms with Gasteiger partial charge >= 0.3 is 0 Å². The SMILES string of the molecule is O=C(COc1ccc(Cl)cc1)Nc1ccncn1. The first-order valence-corrected chi connectivity index (χ1v) is 5.56. The van der Waals surface area contributed by atoms with Gasteiger partial charge in [0.15, 0.2) is 6.61 Å².